The minimum atomic E-state index is -0.461. The van der Waals surface area contributed by atoms with Gasteiger partial charge in [0.2, 0.25) is 0 Å². The molecule has 0 amide bonds. The lowest BCUT2D eigenvalue weighted by Crippen LogP contribution is -2.07. The molecule has 1 aromatic heterocycles. The number of aryl methyl sites for hydroxylation is 1. The van der Waals surface area contributed by atoms with Gasteiger partial charge >= 0.3 is 5.69 Å². The molecule has 6 heteroatoms. The zero-order valence-corrected chi connectivity index (χ0v) is 12.1. The molecule has 0 aliphatic rings. The van der Waals surface area contributed by atoms with Gasteiger partial charge in [0.25, 0.3) is 0 Å². The summed E-state index contributed by atoms with van der Waals surface area (Å²) >= 11 is 7.55. The van der Waals surface area contributed by atoms with Crippen molar-refractivity contribution < 1.29 is 4.92 Å². The number of rotatable bonds is 4. The summed E-state index contributed by atoms with van der Waals surface area (Å²) in [4.78, 5) is 12.9. The van der Waals surface area contributed by atoms with Crippen LogP contribution in [0.15, 0.2) is 30.3 Å². The zero-order chi connectivity index (χ0) is 14.0. The minimum absolute atomic E-state index is 0.00383. The van der Waals surface area contributed by atoms with Crippen LogP contribution in [0.1, 0.15) is 22.7 Å². The van der Waals surface area contributed by atoms with Gasteiger partial charge in [0.1, 0.15) is 10.7 Å². The molecule has 2 rings (SSSR count). The average Bonchev–Trinajstić information content (AvgIpc) is 2.75. The Morgan fingerprint density at radius 2 is 2.11 bits per heavy atom. The standard InChI is InChI=1S/C13H13ClN2O2S/c1-8-6-7-12(19-8)9(2)15-11-5-3-4-10(14)13(11)16(17)18/h3-7,9,15H,1-2H3. The van der Waals surface area contributed by atoms with E-state index in [4.69, 9.17) is 11.6 Å². The maximum absolute atomic E-state index is 11.0. The monoisotopic (exact) mass is 296 g/mol. The maximum Gasteiger partial charge on any atom is 0.310 e. The molecule has 1 atom stereocenters. The van der Waals surface area contributed by atoms with E-state index in [1.54, 1.807) is 23.5 Å². The van der Waals surface area contributed by atoms with Gasteiger partial charge in [-0.15, -0.1) is 11.3 Å². The van der Waals surface area contributed by atoms with Crippen LogP contribution in [0.5, 0.6) is 0 Å². The number of nitrogens with zero attached hydrogens (tertiary/aromatic N) is 1. The summed E-state index contributed by atoms with van der Waals surface area (Å²) in [6.45, 7) is 4.00. The van der Waals surface area contributed by atoms with Crippen molar-refractivity contribution in [3.63, 3.8) is 0 Å². The second-order valence-electron chi connectivity index (χ2n) is 4.21. The Balaban J connectivity index is 2.28. The van der Waals surface area contributed by atoms with Crippen LogP contribution in [-0.2, 0) is 0 Å². The van der Waals surface area contributed by atoms with Crippen molar-refractivity contribution in [3.05, 3.63) is 55.2 Å². The molecular formula is C13H13ClN2O2S. The van der Waals surface area contributed by atoms with E-state index in [0.29, 0.717) is 5.69 Å². The van der Waals surface area contributed by atoms with Crippen LogP contribution in [0.25, 0.3) is 0 Å². The summed E-state index contributed by atoms with van der Waals surface area (Å²) in [6.07, 6.45) is 0. The van der Waals surface area contributed by atoms with Gasteiger partial charge in [-0.25, -0.2) is 0 Å². The third kappa shape index (κ3) is 3.05. The number of nitro groups is 1. The smallest absolute Gasteiger partial charge is 0.310 e. The Morgan fingerprint density at radius 1 is 1.37 bits per heavy atom. The Labute approximate surface area is 120 Å². The van der Waals surface area contributed by atoms with Crippen LogP contribution in [0.3, 0.4) is 0 Å². The van der Waals surface area contributed by atoms with Crippen molar-refractivity contribution in [1.82, 2.24) is 0 Å². The lowest BCUT2D eigenvalue weighted by atomic mass is 10.2. The molecule has 0 saturated carbocycles. The maximum atomic E-state index is 11.0. The summed E-state index contributed by atoms with van der Waals surface area (Å²) in [7, 11) is 0. The van der Waals surface area contributed by atoms with Crippen LogP contribution >= 0.6 is 22.9 Å². The van der Waals surface area contributed by atoms with E-state index in [1.807, 2.05) is 26.0 Å². The van der Waals surface area contributed by atoms with Gasteiger partial charge in [0.05, 0.1) is 11.0 Å². The molecule has 0 spiro atoms. The van der Waals surface area contributed by atoms with Crippen molar-refractivity contribution in [2.24, 2.45) is 0 Å². The normalized spacial score (nSPS) is 12.2. The number of halogens is 1. The van der Waals surface area contributed by atoms with E-state index < -0.39 is 4.92 Å². The number of anilines is 1. The number of para-hydroxylation sites is 1. The Bertz CT molecular complexity index is 612. The molecule has 1 heterocycles. The molecule has 0 bridgehead atoms. The fourth-order valence-electron chi connectivity index (χ4n) is 1.81. The Hall–Kier alpha value is -1.59. The van der Waals surface area contributed by atoms with Crippen LogP contribution in [0.2, 0.25) is 5.02 Å². The number of hydrogen-bond donors (Lipinski definition) is 1. The fourth-order valence-corrected chi connectivity index (χ4v) is 2.93. The van der Waals surface area contributed by atoms with E-state index in [1.165, 1.54) is 10.9 Å². The molecular weight excluding hydrogens is 284 g/mol. The molecule has 0 radical (unpaired) electrons. The van der Waals surface area contributed by atoms with Crippen molar-refractivity contribution >= 4 is 34.3 Å². The SMILES string of the molecule is Cc1ccc(C(C)Nc2cccc(Cl)c2[N+](=O)[O-])s1. The molecule has 19 heavy (non-hydrogen) atoms. The van der Waals surface area contributed by atoms with E-state index in [9.17, 15) is 10.1 Å². The van der Waals surface area contributed by atoms with E-state index in [0.717, 1.165) is 4.88 Å². The first-order valence-electron chi connectivity index (χ1n) is 5.75. The second kappa shape index (κ2) is 5.59. The molecule has 1 N–H and O–H groups in total. The predicted octanol–water partition coefficient (Wildman–Crippen LogP) is 4.79. The number of nitrogens with one attached hydrogen (secondary N) is 1. The van der Waals surface area contributed by atoms with Crippen LogP contribution < -0.4 is 5.32 Å². The van der Waals surface area contributed by atoms with Gasteiger partial charge in [0, 0.05) is 9.75 Å². The van der Waals surface area contributed by atoms with Gasteiger partial charge < -0.3 is 5.32 Å². The summed E-state index contributed by atoms with van der Waals surface area (Å²) in [5.41, 5.74) is 0.361. The van der Waals surface area contributed by atoms with Crippen LogP contribution in [0.4, 0.5) is 11.4 Å². The quantitative estimate of drug-likeness (QED) is 0.652. The highest BCUT2D eigenvalue weighted by Crippen LogP contribution is 2.35. The first-order chi connectivity index (χ1) is 8.99. The third-order valence-electron chi connectivity index (χ3n) is 2.73. The molecule has 2 aromatic rings. The van der Waals surface area contributed by atoms with E-state index >= 15 is 0 Å². The highest BCUT2D eigenvalue weighted by molar-refractivity contribution is 7.12. The van der Waals surface area contributed by atoms with Gasteiger partial charge in [-0.2, -0.15) is 0 Å². The number of benzene rings is 1. The lowest BCUT2D eigenvalue weighted by Gasteiger charge is -2.14. The largest absolute Gasteiger partial charge is 0.372 e. The second-order valence-corrected chi connectivity index (χ2v) is 5.93. The van der Waals surface area contributed by atoms with Crippen LogP contribution in [-0.4, -0.2) is 4.92 Å². The number of nitro benzene ring substituents is 1. The van der Waals surface area contributed by atoms with E-state index in [2.05, 4.69) is 5.32 Å². The first-order valence-corrected chi connectivity index (χ1v) is 6.94. The highest BCUT2D eigenvalue weighted by atomic mass is 35.5. The average molecular weight is 297 g/mol. The highest BCUT2D eigenvalue weighted by Gasteiger charge is 2.20. The predicted molar refractivity (Wildman–Crippen MR) is 79.2 cm³/mol. The molecule has 0 aliphatic heterocycles. The lowest BCUT2D eigenvalue weighted by molar-refractivity contribution is -0.383. The van der Waals surface area contributed by atoms with Gasteiger partial charge in [-0.3, -0.25) is 10.1 Å². The molecule has 0 aliphatic carbocycles. The zero-order valence-electron chi connectivity index (χ0n) is 10.5. The number of hydrogen-bond acceptors (Lipinski definition) is 4. The molecule has 4 nitrogen and oxygen atoms in total. The molecule has 100 valence electrons. The van der Waals surface area contributed by atoms with E-state index in [-0.39, 0.29) is 16.8 Å². The topological polar surface area (TPSA) is 55.2 Å². The first kappa shape index (κ1) is 13.8. The Kier molecular flexibility index (Phi) is 4.07. The molecule has 1 unspecified atom stereocenters. The van der Waals surface area contributed by atoms with Crippen molar-refractivity contribution in [1.29, 1.82) is 0 Å². The Morgan fingerprint density at radius 3 is 2.68 bits per heavy atom. The molecule has 1 aromatic carbocycles. The third-order valence-corrected chi connectivity index (χ3v) is 4.22. The summed E-state index contributed by atoms with van der Waals surface area (Å²) in [5, 5.41) is 14.3. The fraction of sp³-hybridized carbons (Fsp3) is 0.231. The summed E-state index contributed by atoms with van der Waals surface area (Å²) in [6, 6.07) is 8.94. The summed E-state index contributed by atoms with van der Waals surface area (Å²) < 4.78 is 0. The van der Waals surface area contributed by atoms with Gasteiger partial charge in [-0.1, -0.05) is 17.7 Å². The van der Waals surface area contributed by atoms with Crippen molar-refractivity contribution in [3.8, 4) is 0 Å². The molecule has 0 saturated heterocycles. The number of thiophene rings is 1. The summed E-state index contributed by atoms with van der Waals surface area (Å²) in [5.74, 6) is 0. The van der Waals surface area contributed by atoms with Gasteiger partial charge in [-0.05, 0) is 38.1 Å². The van der Waals surface area contributed by atoms with Crippen LogP contribution in [0, 0.1) is 17.0 Å². The van der Waals surface area contributed by atoms with Crippen molar-refractivity contribution in [2.75, 3.05) is 5.32 Å². The minimum Gasteiger partial charge on any atom is -0.372 e. The van der Waals surface area contributed by atoms with Gasteiger partial charge in [0.15, 0.2) is 0 Å². The molecule has 0 fully saturated rings. The van der Waals surface area contributed by atoms with Crippen molar-refractivity contribution in [2.45, 2.75) is 19.9 Å².